The lowest BCUT2D eigenvalue weighted by molar-refractivity contribution is -0.134. The van der Waals surface area contributed by atoms with Gasteiger partial charge in [-0.15, -0.1) is 0 Å². The highest BCUT2D eigenvalue weighted by Gasteiger charge is 2.41. The van der Waals surface area contributed by atoms with Crippen molar-refractivity contribution in [3.8, 4) is 0 Å². The molecule has 2 nitrogen and oxygen atoms in total. The molecule has 2 aliphatic heterocycles. The van der Waals surface area contributed by atoms with Crippen LogP contribution >= 0.6 is 11.8 Å². The average Bonchev–Trinajstić information content (AvgIpc) is 2.82. The monoisotopic (exact) mass is 270 g/mol. The van der Waals surface area contributed by atoms with E-state index in [4.69, 9.17) is 4.74 Å². The normalized spacial score (nSPS) is 31.9. The third kappa shape index (κ3) is 3.74. The Morgan fingerprint density at radius 1 is 1.39 bits per heavy atom. The number of ketones is 1. The highest BCUT2D eigenvalue weighted by Crippen LogP contribution is 2.40. The Labute approximate surface area is 115 Å². The van der Waals surface area contributed by atoms with Gasteiger partial charge in [0.15, 0.2) is 0 Å². The molecule has 1 spiro atoms. The van der Waals surface area contributed by atoms with Gasteiger partial charge in [-0.2, -0.15) is 11.8 Å². The number of carbonyl (C=O) groups is 1. The van der Waals surface area contributed by atoms with Crippen molar-refractivity contribution in [2.45, 2.75) is 63.9 Å². The molecule has 0 bridgehead atoms. The molecule has 2 aliphatic rings. The van der Waals surface area contributed by atoms with Gasteiger partial charge in [-0.3, -0.25) is 4.79 Å². The van der Waals surface area contributed by atoms with Crippen molar-refractivity contribution in [3.63, 3.8) is 0 Å². The third-order valence-corrected chi connectivity index (χ3v) is 5.52. The molecule has 2 fully saturated rings. The van der Waals surface area contributed by atoms with E-state index in [1.54, 1.807) is 0 Å². The van der Waals surface area contributed by atoms with Crippen LogP contribution in [0.2, 0.25) is 0 Å². The molecule has 0 radical (unpaired) electrons. The minimum Gasteiger partial charge on any atom is -0.374 e. The Morgan fingerprint density at radius 2 is 2.28 bits per heavy atom. The fraction of sp³-hybridized carbons (Fsp3) is 0.933. The van der Waals surface area contributed by atoms with Crippen molar-refractivity contribution in [1.29, 1.82) is 0 Å². The zero-order chi connectivity index (χ0) is 12.8. The highest BCUT2D eigenvalue weighted by molar-refractivity contribution is 7.99. The van der Waals surface area contributed by atoms with Gasteiger partial charge in [0.25, 0.3) is 0 Å². The van der Waals surface area contributed by atoms with E-state index >= 15 is 0 Å². The van der Waals surface area contributed by atoms with E-state index < -0.39 is 0 Å². The van der Waals surface area contributed by atoms with Crippen molar-refractivity contribution in [2.75, 3.05) is 18.1 Å². The molecule has 2 saturated heterocycles. The topological polar surface area (TPSA) is 26.3 Å². The summed E-state index contributed by atoms with van der Waals surface area (Å²) in [5, 5.41) is 0. The van der Waals surface area contributed by atoms with Crippen LogP contribution < -0.4 is 0 Å². The van der Waals surface area contributed by atoms with E-state index in [0.29, 0.717) is 11.7 Å². The van der Waals surface area contributed by atoms with Crippen LogP contribution in [0.1, 0.15) is 58.3 Å². The molecule has 0 N–H and O–H groups in total. The largest absolute Gasteiger partial charge is 0.374 e. The summed E-state index contributed by atoms with van der Waals surface area (Å²) in [6.45, 7) is 3.01. The van der Waals surface area contributed by atoms with Crippen molar-refractivity contribution < 1.29 is 9.53 Å². The predicted molar refractivity (Wildman–Crippen MR) is 77.1 cm³/mol. The van der Waals surface area contributed by atoms with Crippen LogP contribution in [-0.4, -0.2) is 29.5 Å². The summed E-state index contributed by atoms with van der Waals surface area (Å²) < 4.78 is 5.98. The van der Waals surface area contributed by atoms with Gasteiger partial charge in [0.05, 0.1) is 5.60 Å². The minimum atomic E-state index is 0.0622. The Bertz CT molecular complexity index is 272. The summed E-state index contributed by atoms with van der Waals surface area (Å²) in [4.78, 5) is 12.2. The Morgan fingerprint density at radius 3 is 3.00 bits per heavy atom. The molecule has 0 aromatic carbocycles. The summed E-state index contributed by atoms with van der Waals surface area (Å²) >= 11 is 1.98. The smallest absolute Gasteiger partial charge is 0.136 e. The van der Waals surface area contributed by atoms with E-state index in [-0.39, 0.29) is 5.60 Å². The first kappa shape index (κ1) is 14.4. The van der Waals surface area contributed by atoms with Gasteiger partial charge in [0.1, 0.15) is 5.78 Å². The second-order valence-electron chi connectivity index (χ2n) is 5.80. The summed E-state index contributed by atoms with van der Waals surface area (Å²) in [6.07, 6.45) is 8.71. The zero-order valence-electron chi connectivity index (χ0n) is 11.6. The SMILES string of the molecule is CCCCCCC(=O)C1CCOC2(CCSC2)C1. The van der Waals surface area contributed by atoms with Crippen LogP contribution in [0.5, 0.6) is 0 Å². The third-order valence-electron chi connectivity index (χ3n) is 4.29. The zero-order valence-corrected chi connectivity index (χ0v) is 12.4. The number of rotatable bonds is 6. The lowest BCUT2D eigenvalue weighted by atomic mass is 9.82. The average molecular weight is 270 g/mol. The number of thioether (sulfide) groups is 1. The Hall–Kier alpha value is -0.0200. The van der Waals surface area contributed by atoms with Crippen molar-refractivity contribution in [1.82, 2.24) is 0 Å². The summed E-state index contributed by atoms with van der Waals surface area (Å²) in [6, 6.07) is 0. The maximum absolute atomic E-state index is 12.2. The van der Waals surface area contributed by atoms with Gasteiger partial charge in [0, 0.05) is 24.7 Å². The van der Waals surface area contributed by atoms with E-state index in [9.17, 15) is 4.79 Å². The number of hydrogen-bond donors (Lipinski definition) is 0. The number of unbranched alkanes of at least 4 members (excludes halogenated alkanes) is 3. The molecular formula is C15H26O2S. The molecule has 3 heteroatoms. The molecule has 0 saturated carbocycles. The van der Waals surface area contributed by atoms with E-state index in [1.165, 1.54) is 25.0 Å². The Balaban J connectivity index is 1.75. The molecule has 104 valence electrons. The fourth-order valence-corrected chi connectivity index (χ4v) is 4.47. The number of carbonyl (C=O) groups excluding carboxylic acids is 1. The molecule has 0 aromatic heterocycles. The lowest BCUT2D eigenvalue weighted by Crippen LogP contribution is -2.42. The molecule has 2 atom stereocenters. The second-order valence-corrected chi connectivity index (χ2v) is 6.91. The standard InChI is InChI=1S/C15H26O2S/c1-2-3-4-5-6-14(16)13-7-9-17-15(11-13)8-10-18-12-15/h13H,2-12H2,1H3. The van der Waals surface area contributed by atoms with Crippen LogP contribution in [0.3, 0.4) is 0 Å². The highest BCUT2D eigenvalue weighted by atomic mass is 32.2. The molecular weight excluding hydrogens is 244 g/mol. The summed E-state index contributed by atoms with van der Waals surface area (Å²) in [5.74, 6) is 3.11. The first-order chi connectivity index (χ1) is 8.76. The summed E-state index contributed by atoms with van der Waals surface area (Å²) in [7, 11) is 0. The molecule has 2 heterocycles. The van der Waals surface area contributed by atoms with Crippen molar-refractivity contribution in [2.24, 2.45) is 5.92 Å². The maximum Gasteiger partial charge on any atom is 0.136 e. The second kappa shape index (κ2) is 6.95. The van der Waals surface area contributed by atoms with Gasteiger partial charge in [-0.25, -0.2) is 0 Å². The van der Waals surface area contributed by atoms with E-state index in [1.807, 2.05) is 11.8 Å². The van der Waals surface area contributed by atoms with Crippen LogP contribution in [0.4, 0.5) is 0 Å². The van der Waals surface area contributed by atoms with Gasteiger partial charge in [-0.05, 0) is 31.4 Å². The molecule has 0 aromatic rings. The molecule has 2 rings (SSSR count). The molecule has 18 heavy (non-hydrogen) atoms. The molecule has 0 amide bonds. The number of ether oxygens (including phenoxy) is 1. The van der Waals surface area contributed by atoms with Crippen LogP contribution in [0.25, 0.3) is 0 Å². The van der Waals surface area contributed by atoms with Gasteiger partial charge in [-0.1, -0.05) is 26.2 Å². The minimum absolute atomic E-state index is 0.0622. The van der Waals surface area contributed by atoms with Crippen LogP contribution in [0, 0.1) is 5.92 Å². The van der Waals surface area contributed by atoms with Crippen LogP contribution in [0.15, 0.2) is 0 Å². The van der Waals surface area contributed by atoms with Gasteiger partial charge >= 0.3 is 0 Å². The van der Waals surface area contributed by atoms with Crippen molar-refractivity contribution in [3.05, 3.63) is 0 Å². The first-order valence-corrected chi connectivity index (χ1v) is 8.66. The van der Waals surface area contributed by atoms with Gasteiger partial charge < -0.3 is 4.74 Å². The first-order valence-electron chi connectivity index (χ1n) is 7.50. The fourth-order valence-electron chi connectivity index (χ4n) is 3.10. The van der Waals surface area contributed by atoms with Crippen molar-refractivity contribution >= 4 is 17.5 Å². The molecule has 0 aliphatic carbocycles. The quantitative estimate of drug-likeness (QED) is 0.686. The molecule has 2 unspecified atom stereocenters. The maximum atomic E-state index is 12.2. The van der Waals surface area contributed by atoms with E-state index in [0.717, 1.165) is 44.5 Å². The number of Topliss-reactive ketones (excluding diaryl/α,β-unsaturated/α-hetero) is 1. The lowest BCUT2D eigenvalue weighted by Gasteiger charge is -2.37. The van der Waals surface area contributed by atoms with E-state index in [2.05, 4.69) is 6.92 Å². The van der Waals surface area contributed by atoms with Crippen LogP contribution in [-0.2, 0) is 9.53 Å². The summed E-state index contributed by atoms with van der Waals surface area (Å²) in [5.41, 5.74) is 0.0622. The van der Waals surface area contributed by atoms with Gasteiger partial charge in [0.2, 0.25) is 0 Å². The Kier molecular flexibility index (Phi) is 5.56. The predicted octanol–water partition coefficient (Wildman–Crippen LogP) is 3.83. The number of hydrogen-bond acceptors (Lipinski definition) is 3.